The number of nitrogens with zero attached hydrogens (tertiary/aromatic N) is 2. The second kappa shape index (κ2) is 3.61. The van der Waals surface area contributed by atoms with Crippen molar-refractivity contribution < 1.29 is 0 Å². The van der Waals surface area contributed by atoms with Gasteiger partial charge < -0.3 is 5.73 Å². The number of hydrogen-bond donors (Lipinski definition) is 1. The highest BCUT2D eigenvalue weighted by Crippen LogP contribution is 2.16. The van der Waals surface area contributed by atoms with E-state index < -0.39 is 0 Å². The van der Waals surface area contributed by atoms with Crippen molar-refractivity contribution in [2.45, 2.75) is 33.2 Å². The van der Waals surface area contributed by atoms with Crippen LogP contribution < -0.4 is 5.73 Å². The van der Waals surface area contributed by atoms with Crippen molar-refractivity contribution in [2.75, 3.05) is 5.73 Å². The van der Waals surface area contributed by atoms with Crippen molar-refractivity contribution in [3.8, 4) is 0 Å². The van der Waals surface area contributed by atoms with Crippen LogP contribution in [-0.2, 0) is 0 Å². The van der Waals surface area contributed by atoms with Gasteiger partial charge in [-0.1, -0.05) is 13.8 Å². The summed E-state index contributed by atoms with van der Waals surface area (Å²) >= 11 is 0. The minimum atomic E-state index is 0.447. The van der Waals surface area contributed by atoms with E-state index in [1.165, 1.54) is 0 Å². The molecule has 2 N–H and O–H groups in total. The maximum absolute atomic E-state index is 5.56. The van der Waals surface area contributed by atoms with E-state index in [0.717, 1.165) is 12.1 Å². The van der Waals surface area contributed by atoms with Gasteiger partial charge in [-0.2, -0.15) is 5.10 Å². The lowest BCUT2D eigenvalue weighted by atomic mass is 10.1. The lowest BCUT2D eigenvalue weighted by Crippen LogP contribution is -2.08. The van der Waals surface area contributed by atoms with Crippen molar-refractivity contribution in [3.63, 3.8) is 0 Å². The van der Waals surface area contributed by atoms with Gasteiger partial charge in [0.25, 0.3) is 0 Å². The molecule has 1 atom stereocenters. The Morgan fingerprint density at radius 1 is 1.50 bits per heavy atom. The van der Waals surface area contributed by atoms with Crippen LogP contribution in [-0.4, -0.2) is 9.78 Å². The highest BCUT2D eigenvalue weighted by atomic mass is 15.3. The number of rotatable bonds is 3. The largest absolute Gasteiger partial charge is 0.396 e. The molecular formula is C9H17N3. The van der Waals surface area contributed by atoms with Gasteiger partial charge in [-0.15, -0.1) is 0 Å². The summed E-state index contributed by atoms with van der Waals surface area (Å²) in [4.78, 5) is 0. The first-order valence-corrected chi connectivity index (χ1v) is 4.39. The minimum absolute atomic E-state index is 0.447. The Bertz CT molecular complexity index is 240. The van der Waals surface area contributed by atoms with Gasteiger partial charge >= 0.3 is 0 Å². The monoisotopic (exact) mass is 167 g/mol. The van der Waals surface area contributed by atoms with Gasteiger partial charge in [0.05, 0.1) is 11.9 Å². The first-order valence-electron chi connectivity index (χ1n) is 4.39. The molecule has 0 radical (unpaired) electrons. The summed E-state index contributed by atoms with van der Waals surface area (Å²) in [6, 6.07) is 0.447. The predicted octanol–water partition coefficient (Wildman–Crippen LogP) is 2.07. The Morgan fingerprint density at radius 2 is 2.17 bits per heavy atom. The van der Waals surface area contributed by atoms with Crippen molar-refractivity contribution in [2.24, 2.45) is 5.92 Å². The molecule has 3 nitrogen and oxygen atoms in total. The Balaban J connectivity index is 2.58. The van der Waals surface area contributed by atoms with Gasteiger partial charge in [0.2, 0.25) is 0 Å². The molecule has 1 aromatic rings. The highest BCUT2D eigenvalue weighted by molar-refractivity contribution is 5.30. The highest BCUT2D eigenvalue weighted by Gasteiger charge is 2.07. The predicted molar refractivity (Wildman–Crippen MR) is 50.8 cm³/mol. The number of nitrogen functional groups attached to an aromatic ring is 1. The molecule has 0 bridgehead atoms. The normalized spacial score (nSPS) is 13.7. The van der Waals surface area contributed by atoms with Crippen LogP contribution in [0.15, 0.2) is 12.4 Å². The van der Waals surface area contributed by atoms with Crippen LogP contribution in [0.1, 0.15) is 33.2 Å². The fourth-order valence-electron chi connectivity index (χ4n) is 1.38. The first kappa shape index (κ1) is 9.10. The molecule has 0 aliphatic heterocycles. The van der Waals surface area contributed by atoms with Crippen LogP contribution in [0.5, 0.6) is 0 Å². The maximum atomic E-state index is 5.56. The smallest absolute Gasteiger partial charge is 0.0719 e. The van der Waals surface area contributed by atoms with Gasteiger partial charge in [0, 0.05) is 12.2 Å². The average molecular weight is 167 g/mol. The van der Waals surface area contributed by atoms with E-state index in [-0.39, 0.29) is 0 Å². The topological polar surface area (TPSA) is 43.8 Å². The van der Waals surface area contributed by atoms with Crippen LogP contribution in [0, 0.1) is 5.92 Å². The zero-order chi connectivity index (χ0) is 9.14. The molecule has 1 unspecified atom stereocenters. The molecule has 0 aliphatic carbocycles. The third-order valence-corrected chi connectivity index (χ3v) is 1.89. The van der Waals surface area contributed by atoms with E-state index in [9.17, 15) is 0 Å². The fraction of sp³-hybridized carbons (Fsp3) is 0.667. The molecule has 0 spiro atoms. The van der Waals surface area contributed by atoms with Gasteiger partial charge in [0.15, 0.2) is 0 Å². The SMILES string of the molecule is CC(C)CC(C)n1cc(N)cn1. The summed E-state index contributed by atoms with van der Waals surface area (Å²) in [6.45, 7) is 6.58. The van der Waals surface area contributed by atoms with Gasteiger partial charge in [-0.05, 0) is 19.3 Å². The van der Waals surface area contributed by atoms with E-state index in [1.807, 2.05) is 10.9 Å². The fourth-order valence-corrected chi connectivity index (χ4v) is 1.38. The number of anilines is 1. The molecule has 3 heteroatoms. The van der Waals surface area contributed by atoms with Crippen LogP contribution in [0.2, 0.25) is 0 Å². The Kier molecular flexibility index (Phi) is 2.74. The molecule has 0 amide bonds. The lowest BCUT2D eigenvalue weighted by molar-refractivity contribution is 0.398. The molecule has 0 saturated heterocycles. The van der Waals surface area contributed by atoms with E-state index in [0.29, 0.717) is 12.0 Å². The Morgan fingerprint density at radius 3 is 2.58 bits per heavy atom. The Hall–Kier alpha value is -0.990. The molecule has 0 aromatic carbocycles. The van der Waals surface area contributed by atoms with Crippen LogP contribution in [0.4, 0.5) is 5.69 Å². The second-order valence-electron chi connectivity index (χ2n) is 3.73. The molecular weight excluding hydrogens is 150 g/mol. The number of aromatic nitrogens is 2. The average Bonchev–Trinajstić information content (AvgIpc) is 2.34. The minimum Gasteiger partial charge on any atom is -0.396 e. The van der Waals surface area contributed by atoms with Crippen molar-refractivity contribution >= 4 is 5.69 Å². The van der Waals surface area contributed by atoms with Gasteiger partial charge in [-0.25, -0.2) is 0 Å². The first-order chi connectivity index (χ1) is 5.59. The maximum Gasteiger partial charge on any atom is 0.0719 e. The van der Waals surface area contributed by atoms with Crippen molar-refractivity contribution in [3.05, 3.63) is 12.4 Å². The number of nitrogens with two attached hydrogens (primary N) is 1. The molecule has 1 rings (SSSR count). The van der Waals surface area contributed by atoms with E-state index in [4.69, 9.17) is 5.73 Å². The van der Waals surface area contributed by atoms with Crippen LogP contribution in [0.25, 0.3) is 0 Å². The van der Waals surface area contributed by atoms with E-state index in [2.05, 4.69) is 25.9 Å². The summed E-state index contributed by atoms with van der Waals surface area (Å²) in [6.07, 6.45) is 4.71. The van der Waals surface area contributed by atoms with Gasteiger partial charge in [0.1, 0.15) is 0 Å². The molecule has 0 saturated carbocycles. The molecule has 68 valence electrons. The zero-order valence-corrected chi connectivity index (χ0v) is 7.99. The molecule has 0 fully saturated rings. The second-order valence-corrected chi connectivity index (χ2v) is 3.73. The number of hydrogen-bond acceptors (Lipinski definition) is 2. The van der Waals surface area contributed by atoms with Gasteiger partial charge in [-0.3, -0.25) is 4.68 Å². The molecule has 1 heterocycles. The summed E-state index contributed by atoms with van der Waals surface area (Å²) in [5, 5.41) is 4.16. The standard InChI is InChI=1S/C9H17N3/c1-7(2)4-8(3)12-6-9(10)5-11-12/h5-8H,4,10H2,1-3H3. The molecule has 12 heavy (non-hydrogen) atoms. The molecule has 1 aromatic heterocycles. The van der Waals surface area contributed by atoms with Crippen LogP contribution in [0.3, 0.4) is 0 Å². The van der Waals surface area contributed by atoms with E-state index in [1.54, 1.807) is 6.20 Å². The summed E-state index contributed by atoms with van der Waals surface area (Å²) in [7, 11) is 0. The van der Waals surface area contributed by atoms with E-state index >= 15 is 0 Å². The summed E-state index contributed by atoms with van der Waals surface area (Å²) in [5.41, 5.74) is 6.31. The van der Waals surface area contributed by atoms with Crippen molar-refractivity contribution in [1.29, 1.82) is 0 Å². The zero-order valence-electron chi connectivity index (χ0n) is 7.99. The van der Waals surface area contributed by atoms with Crippen LogP contribution >= 0.6 is 0 Å². The quantitative estimate of drug-likeness (QED) is 0.749. The lowest BCUT2D eigenvalue weighted by Gasteiger charge is -2.13. The third-order valence-electron chi connectivity index (χ3n) is 1.89. The van der Waals surface area contributed by atoms with Crippen molar-refractivity contribution in [1.82, 2.24) is 9.78 Å². The summed E-state index contributed by atoms with van der Waals surface area (Å²) in [5.74, 6) is 0.699. The summed E-state index contributed by atoms with van der Waals surface area (Å²) < 4.78 is 1.93. The Labute approximate surface area is 73.6 Å². The molecule has 0 aliphatic rings. The third kappa shape index (κ3) is 2.26.